The highest BCUT2D eigenvalue weighted by Gasteiger charge is 2.63. The maximum atomic E-state index is 11.1. The van der Waals surface area contributed by atoms with Gasteiger partial charge in [-0.1, -0.05) is 0 Å². The van der Waals surface area contributed by atoms with E-state index in [1.165, 1.54) is 44.1 Å². The second kappa shape index (κ2) is 2.53. The first-order chi connectivity index (χ1) is 6.29. The number of hydrogen-bond acceptors (Lipinski definition) is 2. The van der Waals surface area contributed by atoms with Gasteiger partial charge in [-0.05, 0) is 55.6 Å². The molecule has 2 atom stereocenters. The van der Waals surface area contributed by atoms with Gasteiger partial charge in [0, 0.05) is 0 Å². The van der Waals surface area contributed by atoms with Crippen LogP contribution in [0.1, 0.15) is 38.5 Å². The molecule has 2 aliphatic carbocycles. The summed E-state index contributed by atoms with van der Waals surface area (Å²) in [5, 5.41) is 0. The summed E-state index contributed by atoms with van der Waals surface area (Å²) in [6.07, 6.45) is 9.19. The van der Waals surface area contributed by atoms with Crippen molar-refractivity contribution in [2.24, 2.45) is 11.3 Å². The van der Waals surface area contributed by atoms with Crippen LogP contribution in [0.25, 0.3) is 0 Å². The molecule has 0 aromatic heterocycles. The van der Waals surface area contributed by atoms with Gasteiger partial charge in [0.05, 0.1) is 4.75 Å². The number of rotatable bonds is 3. The number of carbonyl (C=O) groups is 1. The van der Waals surface area contributed by atoms with Crippen molar-refractivity contribution >= 4 is 18.0 Å². The Balaban J connectivity index is 1.65. The minimum absolute atomic E-state index is 0.0523. The van der Waals surface area contributed by atoms with Gasteiger partial charge in [-0.15, -0.1) is 11.8 Å². The fourth-order valence-corrected chi connectivity index (χ4v) is 4.30. The van der Waals surface area contributed by atoms with Crippen LogP contribution < -0.4 is 0 Å². The minimum Gasteiger partial charge on any atom is -0.302 e. The number of thioether (sulfide) groups is 1. The summed E-state index contributed by atoms with van der Waals surface area (Å²) in [7, 11) is 0. The summed E-state index contributed by atoms with van der Waals surface area (Å²) in [6, 6.07) is 0. The third kappa shape index (κ3) is 1.25. The molecule has 2 unspecified atom stereocenters. The van der Waals surface area contributed by atoms with E-state index in [2.05, 4.69) is 0 Å². The van der Waals surface area contributed by atoms with E-state index < -0.39 is 0 Å². The first kappa shape index (κ1) is 8.34. The van der Waals surface area contributed by atoms with Crippen LogP contribution in [0.2, 0.25) is 0 Å². The molecule has 0 radical (unpaired) electrons. The van der Waals surface area contributed by atoms with Crippen molar-refractivity contribution in [1.82, 2.24) is 0 Å². The van der Waals surface area contributed by atoms with Gasteiger partial charge in [0.15, 0.2) is 0 Å². The molecule has 0 bridgehead atoms. The van der Waals surface area contributed by atoms with Crippen LogP contribution in [0.3, 0.4) is 0 Å². The highest BCUT2D eigenvalue weighted by molar-refractivity contribution is 8.01. The number of hydrogen-bond donors (Lipinski definition) is 0. The largest absolute Gasteiger partial charge is 0.302 e. The quantitative estimate of drug-likeness (QED) is 0.645. The highest BCUT2D eigenvalue weighted by atomic mass is 32.2. The van der Waals surface area contributed by atoms with Crippen molar-refractivity contribution < 1.29 is 4.79 Å². The molecule has 2 saturated carbocycles. The molecule has 1 heterocycles. The first-order valence-electron chi connectivity index (χ1n) is 5.39. The Labute approximate surface area is 83.7 Å². The summed E-state index contributed by atoms with van der Waals surface area (Å²) in [4.78, 5) is 11.1. The van der Waals surface area contributed by atoms with Crippen LogP contribution in [0.15, 0.2) is 0 Å². The van der Waals surface area contributed by atoms with Gasteiger partial charge in [0.2, 0.25) is 0 Å². The normalized spacial score (nSPS) is 45.1. The molecule has 0 amide bonds. The van der Waals surface area contributed by atoms with Crippen molar-refractivity contribution in [1.29, 1.82) is 0 Å². The molecular weight excluding hydrogens is 180 g/mol. The van der Waals surface area contributed by atoms with Crippen LogP contribution in [-0.2, 0) is 4.79 Å². The Morgan fingerprint density at radius 2 is 2.23 bits per heavy atom. The van der Waals surface area contributed by atoms with Crippen molar-refractivity contribution in [3.8, 4) is 0 Å². The van der Waals surface area contributed by atoms with Gasteiger partial charge in [-0.2, -0.15) is 0 Å². The lowest BCUT2D eigenvalue weighted by Gasteiger charge is -2.20. The monoisotopic (exact) mass is 196 g/mol. The Hall–Kier alpha value is 0.0200. The lowest BCUT2D eigenvalue weighted by molar-refractivity contribution is -0.110. The molecule has 3 aliphatic rings. The third-order valence-electron chi connectivity index (χ3n) is 4.19. The molecule has 3 fully saturated rings. The van der Waals surface area contributed by atoms with Crippen molar-refractivity contribution in [2.45, 2.75) is 43.3 Å². The molecule has 0 aromatic carbocycles. The average Bonchev–Trinajstić information content (AvgIpc) is 3.00. The zero-order valence-corrected chi connectivity index (χ0v) is 8.74. The fraction of sp³-hybridized carbons (Fsp3) is 0.909. The van der Waals surface area contributed by atoms with E-state index in [0.717, 1.165) is 17.8 Å². The molecule has 1 saturated heterocycles. The number of carbonyl (C=O) groups excluding carboxylic acids is 1. The molecule has 1 aliphatic heterocycles. The Bertz CT molecular complexity index is 238. The van der Waals surface area contributed by atoms with Crippen molar-refractivity contribution in [3.05, 3.63) is 0 Å². The van der Waals surface area contributed by atoms with E-state index in [9.17, 15) is 4.79 Å². The predicted molar refractivity (Wildman–Crippen MR) is 54.9 cm³/mol. The van der Waals surface area contributed by atoms with E-state index in [0.29, 0.717) is 0 Å². The predicted octanol–water partition coefficient (Wildman–Crippen LogP) is 2.64. The van der Waals surface area contributed by atoms with Gasteiger partial charge in [0.25, 0.3) is 0 Å². The van der Waals surface area contributed by atoms with E-state index in [1.807, 2.05) is 11.8 Å². The second-order valence-corrected chi connectivity index (χ2v) is 6.61. The number of aldehydes is 1. The lowest BCUT2D eigenvalue weighted by atomic mass is 9.97. The van der Waals surface area contributed by atoms with Crippen LogP contribution in [0, 0.1) is 11.3 Å². The average molecular weight is 196 g/mol. The third-order valence-corrected chi connectivity index (χ3v) is 5.73. The summed E-state index contributed by atoms with van der Waals surface area (Å²) < 4.78 is 0.0523. The molecule has 1 spiro atoms. The van der Waals surface area contributed by atoms with E-state index in [-0.39, 0.29) is 4.75 Å². The highest BCUT2D eigenvalue weighted by Crippen LogP contribution is 2.73. The van der Waals surface area contributed by atoms with Crippen molar-refractivity contribution in [2.75, 3.05) is 5.75 Å². The maximum Gasteiger partial charge on any atom is 0.136 e. The zero-order valence-electron chi connectivity index (χ0n) is 7.92. The molecule has 1 nitrogen and oxygen atoms in total. The van der Waals surface area contributed by atoms with Crippen molar-refractivity contribution in [3.63, 3.8) is 0 Å². The van der Waals surface area contributed by atoms with Gasteiger partial charge in [-0.25, -0.2) is 0 Å². The summed E-state index contributed by atoms with van der Waals surface area (Å²) in [5.74, 6) is 2.13. The minimum atomic E-state index is 0.0523. The van der Waals surface area contributed by atoms with Gasteiger partial charge in [-0.3, -0.25) is 0 Å². The second-order valence-electron chi connectivity index (χ2n) is 5.10. The van der Waals surface area contributed by atoms with Crippen LogP contribution in [-0.4, -0.2) is 16.8 Å². The Kier molecular flexibility index (Phi) is 1.62. The van der Waals surface area contributed by atoms with Crippen LogP contribution in [0.4, 0.5) is 0 Å². The van der Waals surface area contributed by atoms with Crippen LogP contribution in [0.5, 0.6) is 0 Å². The molecule has 72 valence electrons. The molecule has 0 N–H and O–H groups in total. The first-order valence-corrected chi connectivity index (χ1v) is 6.38. The fourth-order valence-electron chi connectivity index (χ4n) is 2.93. The summed E-state index contributed by atoms with van der Waals surface area (Å²) >= 11 is 1.92. The standard InChI is InChI=1S/C11H16OS/c12-8-11(2-1-5-13-11)7-9-6-10(9)3-4-10/h8-9H,1-7H2. The summed E-state index contributed by atoms with van der Waals surface area (Å²) in [6.45, 7) is 0. The molecular formula is C11H16OS. The van der Waals surface area contributed by atoms with E-state index in [4.69, 9.17) is 0 Å². The SMILES string of the molecule is O=CC1(CC2CC23CC3)CCCS1. The molecule has 0 aromatic rings. The molecule has 13 heavy (non-hydrogen) atoms. The molecule has 3 rings (SSSR count). The Morgan fingerprint density at radius 3 is 2.69 bits per heavy atom. The lowest BCUT2D eigenvalue weighted by Crippen LogP contribution is -2.24. The van der Waals surface area contributed by atoms with E-state index in [1.54, 1.807) is 0 Å². The topological polar surface area (TPSA) is 17.1 Å². The molecule has 2 heteroatoms. The van der Waals surface area contributed by atoms with E-state index >= 15 is 0 Å². The Morgan fingerprint density at radius 1 is 1.38 bits per heavy atom. The van der Waals surface area contributed by atoms with Gasteiger partial charge >= 0.3 is 0 Å². The van der Waals surface area contributed by atoms with Gasteiger partial charge < -0.3 is 4.79 Å². The zero-order chi connectivity index (χ0) is 8.94. The van der Waals surface area contributed by atoms with Gasteiger partial charge in [0.1, 0.15) is 6.29 Å². The maximum absolute atomic E-state index is 11.1. The smallest absolute Gasteiger partial charge is 0.136 e. The van der Waals surface area contributed by atoms with Crippen LogP contribution >= 0.6 is 11.8 Å². The summed E-state index contributed by atoms with van der Waals surface area (Å²) in [5.41, 5.74) is 0.777.